The van der Waals surface area contributed by atoms with Gasteiger partial charge in [0.25, 0.3) is 0 Å². The number of rotatable bonds is 4. The Morgan fingerprint density at radius 1 is 1.50 bits per heavy atom. The van der Waals surface area contributed by atoms with Crippen LogP contribution in [0.4, 0.5) is 0 Å². The monoisotopic (exact) mass is 263 g/mol. The molecule has 2 atom stereocenters. The molecule has 2 aromatic rings. The first-order valence-electron chi connectivity index (χ1n) is 6.25. The molecule has 5 heteroatoms. The third-order valence-electron chi connectivity index (χ3n) is 3.48. The molecule has 3 rings (SSSR count). The molecule has 96 valence electrons. The molecule has 1 saturated heterocycles. The van der Waals surface area contributed by atoms with E-state index in [9.17, 15) is 0 Å². The highest BCUT2D eigenvalue weighted by atomic mass is 32.1. The molecule has 0 radical (unpaired) electrons. The summed E-state index contributed by atoms with van der Waals surface area (Å²) in [6.45, 7) is 1.66. The predicted molar refractivity (Wildman–Crippen MR) is 73.4 cm³/mol. The minimum Gasteiger partial charge on any atom is -0.381 e. The van der Waals surface area contributed by atoms with Gasteiger partial charge in [0.05, 0.1) is 21.8 Å². The van der Waals surface area contributed by atoms with Gasteiger partial charge in [-0.1, -0.05) is 12.1 Å². The highest BCUT2D eigenvalue weighted by molar-refractivity contribution is 7.18. The molecule has 2 unspecified atom stereocenters. The normalized spacial score (nSPS) is 21.5. The van der Waals surface area contributed by atoms with Gasteiger partial charge in [-0.05, 0) is 18.6 Å². The second-order valence-corrected chi connectivity index (χ2v) is 5.79. The molecule has 0 spiro atoms. The van der Waals surface area contributed by atoms with Gasteiger partial charge in [0, 0.05) is 25.0 Å². The van der Waals surface area contributed by atoms with Gasteiger partial charge in [-0.3, -0.25) is 11.3 Å². The lowest BCUT2D eigenvalue weighted by atomic mass is 9.97. The van der Waals surface area contributed by atoms with Crippen LogP contribution >= 0.6 is 11.3 Å². The van der Waals surface area contributed by atoms with Crippen molar-refractivity contribution in [2.75, 3.05) is 13.2 Å². The maximum atomic E-state index is 5.67. The Morgan fingerprint density at radius 3 is 3.11 bits per heavy atom. The van der Waals surface area contributed by atoms with Crippen LogP contribution in [-0.2, 0) is 11.2 Å². The van der Waals surface area contributed by atoms with Crippen LogP contribution in [0.25, 0.3) is 10.2 Å². The number of para-hydroxylation sites is 1. The summed E-state index contributed by atoms with van der Waals surface area (Å²) in [4.78, 5) is 4.65. The van der Waals surface area contributed by atoms with E-state index >= 15 is 0 Å². The number of aromatic nitrogens is 1. The molecular formula is C13H17N3OS. The lowest BCUT2D eigenvalue weighted by molar-refractivity contribution is 0.176. The molecule has 0 bridgehead atoms. The first-order chi connectivity index (χ1) is 8.86. The van der Waals surface area contributed by atoms with E-state index in [1.165, 1.54) is 4.70 Å². The summed E-state index contributed by atoms with van der Waals surface area (Å²) in [5, 5.41) is 1.14. The third-order valence-corrected chi connectivity index (χ3v) is 4.54. The van der Waals surface area contributed by atoms with Gasteiger partial charge in [-0.25, -0.2) is 4.98 Å². The van der Waals surface area contributed by atoms with Crippen LogP contribution in [0.1, 0.15) is 11.4 Å². The van der Waals surface area contributed by atoms with E-state index < -0.39 is 0 Å². The zero-order valence-corrected chi connectivity index (χ0v) is 11.0. The van der Waals surface area contributed by atoms with Gasteiger partial charge >= 0.3 is 0 Å². The van der Waals surface area contributed by atoms with Gasteiger partial charge in [0.2, 0.25) is 0 Å². The van der Waals surface area contributed by atoms with E-state index in [1.54, 1.807) is 11.3 Å². The van der Waals surface area contributed by atoms with Crippen LogP contribution in [0.2, 0.25) is 0 Å². The molecule has 0 saturated carbocycles. The summed E-state index contributed by atoms with van der Waals surface area (Å²) >= 11 is 1.75. The van der Waals surface area contributed by atoms with Crippen LogP contribution in [-0.4, -0.2) is 24.2 Å². The Morgan fingerprint density at radius 2 is 2.39 bits per heavy atom. The van der Waals surface area contributed by atoms with E-state index in [2.05, 4.69) is 22.5 Å². The van der Waals surface area contributed by atoms with Gasteiger partial charge < -0.3 is 4.74 Å². The maximum absolute atomic E-state index is 5.67. The number of nitrogens with one attached hydrogen (secondary N) is 1. The summed E-state index contributed by atoms with van der Waals surface area (Å²) < 4.78 is 6.67. The second kappa shape index (κ2) is 5.32. The minimum absolute atomic E-state index is 0.257. The number of nitrogens with zero attached hydrogens (tertiary/aromatic N) is 1. The summed E-state index contributed by atoms with van der Waals surface area (Å²) in [6.07, 6.45) is 1.96. The van der Waals surface area contributed by atoms with Crippen molar-refractivity contribution in [3.8, 4) is 0 Å². The largest absolute Gasteiger partial charge is 0.381 e. The number of hydrazine groups is 1. The molecule has 1 aliphatic heterocycles. The van der Waals surface area contributed by atoms with E-state index in [1.807, 2.05) is 12.1 Å². The molecule has 0 aliphatic carbocycles. The highest BCUT2D eigenvalue weighted by Crippen LogP contribution is 2.25. The second-order valence-electron chi connectivity index (χ2n) is 4.68. The van der Waals surface area contributed by atoms with Gasteiger partial charge in [-0.2, -0.15) is 0 Å². The molecule has 2 heterocycles. The Hall–Kier alpha value is -1.01. The Labute approximate surface area is 110 Å². The lowest BCUT2D eigenvalue weighted by Crippen LogP contribution is -2.42. The molecular weight excluding hydrogens is 246 g/mol. The highest BCUT2D eigenvalue weighted by Gasteiger charge is 2.25. The van der Waals surface area contributed by atoms with Crippen molar-refractivity contribution in [2.45, 2.75) is 18.9 Å². The van der Waals surface area contributed by atoms with Crippen molar-refractivity contribution < 1.29 is 4.74 Å². The number of hydrogen-bond donors (Lipinski definition) is 2. The topological polar surface area (TPSA) is 60.2 Å². The zero-order chi connectivity index (χ0) is 12.4. The van der Waals surface area contributed by atoms with Crippen LogP contribution in [0.3, 0.4) is 0 Å². The zero-order valence-electron chi connectivity index (χ0n) is 10.1. The van der Waals surface area contributed by atoms with Crippen LogP contribution in [0.15, 0.2) is 24.3 Å². The fraction of sp³-hybridized carbons (Fsp3) is 0.462. The molecule has 1 aliphatic rings. The quantitative estimate of drug-likeness (QED) is 0.651. The Kier molecular flexibility index (Phi) is 3.56. The smallest absolute Gasteiger partial charge is 0.0954 e. The van der Waals surface area contributed by atoms with Crippen molar-refractivity contribution in [1.29, 1.82) is 0 Å². The van der Waals surface area contributed by atoms with Crippen LogP contribution < -0.4 is 11.3 Å². The predicted octanol–water partition coefficient (Wildman–Crippen LogP) is 1.71. The van der Waals surface area contributed by atoms with E-state index in [0.717, 1.165) is 36.6 Å². The van der Waals surface area contributed by atoms with E-state index in [4.69, 9.17) is 10.6 Å². The standard InChI is InChI=1S/C13H17N3OS/c14-16-11(9-5-6-17-8-9)7-13-15-10-3-1-2-4-12(10)18-13/h1-4,9,11,16H,5-8,14H2. The summed E-state index contributed by atoms with van der Waals surface area (Å²) in [5.74, 6) is 6.17. The lowest BCUT2D eigenvalue weighted by Gasteiger charge is -2.19. The van der Waals surface area contributed by atoms with Crippen molar-refractivity contribution >= 4 is 21.6 Å². The van der Waals surface area contributed by atoms with Gasteiger partial charge in [-0.15, -0.1) is 11.3 Å². The van der Waals surface area contributed by atoms with Crippen LogP contribution in [0, 0.1) is 5.92 Å². The number of fused-ring (bicyclic) bond motifs is 1. The third kappa shape index (κ3) is 2.40. The van der Waals surface area contributed by atoms with Crippen molar-refractivity contribution in [3.05, 3.63) is 29.3 Å². The molecule has 3 N–H and O–H groups in total. The SMILES string of the molecule is NNC(Cc1nc2ccccc2s1)C1CCOC1. The molecule has 4 nitrogen and oxygen atoms in total. The summed E-state index contributed by atoms with van der Waals surface area (Å²) in [6, 6.07) is 8.50. The fourth-order valence-corrected chi connectivity index (χ4v) is 3.45. The Bertz CT molecular complexity index is 489. The molecule has 0 amide bonds. The first kappa shape index (κ1) is 12.0. The number of hydrogen-bond acceptors (Lipinski definition) is 5. The van der Waals surface area contributed by atoms with Crippen molar-refractivity contribution in [2.24, 2.45) is 11.8 Å². The summed E-state index contributed by atoms with van der Waals surface area (Å²) in [5.41, 5.74) is 4.00. The molecule has 18 heavy (non-hydrogen) atoms. The van der Waals surface area contributed by atoms with Gasteiger partial charge in [0.15, 0.2) is 0 Å². The van der Waals surface area contributed by atoms with Gasteiger partial charge in [0.1, 0.15) is 0 Å². The number of benzene rings is 1. The minimum atomic E-state index is 0.257. The average Bonchev–Trinajstić information content (AvgIpc) is 3.04. The van der Waals surface area contributed by atoms with Crippen molar-refractivity contribution in [1.82, 2.24) is 10.4 Å². The molecule has 1 aromatic carbocycles. The first-order valence-corrected chi connectivity index (χ1v) is 7.07. The molecule has 1 aromatic heterocycles. The fourth-order valence-electron chi connectivity index (χ4n) is 2.43. The molecule has 1 fully saturated rings. The Balaban J connectivity index is 1.77. The maximum Gasteiger partial charge on any atom is 0.0954 e. The average molecular weight is 263 g/mol. The number of nitrogens with two attached hydrogens (primary N) is 1. The summed E-state index contributed by atoms with van der Waals surface area (Å²) in [7, 11) is 0. The number of thiazole rings is 1. The van der Waals surface area contributed by atoms with E-state index in [-0.39, 0.29) is 6.04 Å². The van der Waals surface area contributed by atoms with Crippen molar-refractivity contribution in [3.63, 3.8) is 0 Å². The van der Waals surface area contributed by atoms with Crippen LogP contribution in [0.5, 0.6) is 0 Å². The number of ether oxygens (including phenoxy) is 1. The van der Waals surface area contributed by atoms with E-state index in [0.29, 0.717) is 5.92 Å².